The Bertz CT molecular complexity index is 420. The summed E-state index contributed by atoms with van der Waals surface area (Å²) in [5, 5.41) is 11.5. The summed E-state index contributed by atoms with van der Waals surface area (Å²) in [5.74, 6) is 0. The lowest BCUT2D eigenvalue weighted by molar-refractivity contribution is 0.0376. The maximum Gasteiger partial charge on any atom is 0.0637 e. The zero-order valence-corrected chi connectivity index (χ0v) is 11.8. The van der Waals surface area contributed by atoms with Gasteiger partial charge in [0.25, 0.3) is 0 Å². The predicted molar refractivity (Wildman–Crippen MR) is 76.3 cm³/mol. The van der Waals surface area contributed by atoms with Gasteiger partial charge in [0, 0.05) is 5.41 Å². The van der Waals surface area contributed by atoms with Gasteiger partial charge in [0.1, 0.15) is 0 Å². The molecule has 0 bridgehead atoms. The minimum atomic E-state index is -0.341. The van der Waals surface area contributed by atoms with E-state index in [9.17, 15) is 5.11 Å². The van der Waals surface area contributed by atoms with E-state index in [1.54, 1.807) is 6.07 Å². The Hall–Kier alpha value is -0.280. The smallest absolute Gasteiger partial charge is 0.0637 e. The van der Waals surface area contributed by atoms with E-state index in [1.165, 1.54) is 0 Å². The van der Waals surface area contributed by atoms with Crippen LogP contribution in [0.5, 0.6) is 0 Å². The number of hydrogen-bond acceptors (Lipinski definition) is 2. The molecule has 2 rings (SSSR count). The average molecular weight is 288 g/mol. The molecule has 1 saturated carbocycles. The number of nitrogens with two attached hydrogens (primary N) is 1. The summed E-state index contributed by atoms with van der Waals surface area (Å²) >= 11 is 12.1. The zero-order chi connectivity index (χ0) is 13.2. The SMILES string of the molecule is NCC[C@@]1(c2ccc(Cl)c(Cl)c2)CCCC[C@H]1O. The first-order valence-corrected chi connectivity index (χ1v) is 7.19. The zero-order valence-electron chi connectivity index (χ0n) is 10.3. The highest BCUT2D eigenvalue weighted by Gasteiger charge is 2.40. The molecule has 0 saturated heterocycles. The van der Waals surface area contributed by atoms with E-state index in [-0.39, 0.29) is 11.5 Å². The maximum absolute atomic E-state index is 10.4. The van der Waals surface area contributed by atoms with E-state index < -0.39 is 0 Å². The van der Waals surface area contributed by atoms with E-state index in [4.69, 9.17) is 28.9 Å². The molecule has 0 radical (unpaired) electrons. The van der Waals surface area contributed by atoms with E-state index in [2.05, 4.69) is 0 Å². The molecule has 1 aromatic rings. The summed E-state index contributed by atoms with van der Waals surface area (Å²) in [4.78, 5) is 0. The van der Waals surface area contributed by atoms with Crippen molar-refractivity contribution in [3.05, 3.63) is 33.8 Å². The van der Waals surface area contributed by atoms with Crippen molar-refractivity contribution in [1.29, 1.82) is 0 Å². The second-order valence-corrected chi connectivity index (χ2v) is 5.90. The molecule has 0 unspecified atom stereocenters. The molecule has 100 valence electrons. The summed E-state index contributed by atoms with van der Waals surface area (Å²) in [6.45, 7) is 0.567. The molecule has 1 fully saturated rings. The van der Waals surface area contributed by atoms with Crippen LogP contribution >= 0.6 is 23.2 Å². The van der Waals surface area contributed by atoms with Crippen LogP contribution in [0.25, 0.3) is 0 Å². The van der Waals surface area contributed by atoms with E-state index in [0.717, 1.165) is 37.7 Å². The largest absolute Gasteiger partial charge is 0.392 e. The Labute approximate surface area is 118 Å². The van der Waals surface area contributed by atoms with Crippen molar-refractivity contribution in [2.45, 2.75) is 43.6 Å². The second kappa shape index (κ2) is 5.79. The first-order chi connectivity index (χ1) is 8.60. The summed E-state index contributed by atoms with van der Waals surface area (Å²) in [6, 6.07) is 5.66. The molecule has 2 nitrogen and oxygen atoms in total. The summed E-state index contributed by atoms with van der Waals surface area (Å²) in [6.07, 6.45) is 4.44. The Morgan fingerprint density at radius 2 is 2.06 bits per heavy atom. The van der Waals surface area contributed by atoms with E-state index in [1.807, 2.05) is 12.1 Å². The first kappa shape index (κ1) is 14.1. The molecule has 0 heterocycles. The minimum absolute atomic E-state index is 0.249. The van der Waals surface area contributed by atoms with Crippen molar-refractivity contribution >= 4 is 23.2 Å². The number of benzene rings is 1. The molecule has 1 aliphatic carbocycles. The Morgan fingerprint density at radius 3 is 2.67 bits per heavy atom. The van der Waals surface area contributed by atoms with Crippen LogP contribution in [0, 0.1) is 0 Å². The van der Waals surface area contributed by atoms with E-state index in [0.29, 0.717) is 16.6 Å². The van der Waals surface area contributed by atoms with Crippen LogP contribution in [0.3, 0.4) is 0 Å². The van der Waals surface area contributed by atoms with Crippen molar-refractivity contribution in [3.8, 4) is 0 Å². The number of halogens is 2. The fraction of sp³-hybridized carbons (Fsp3) is 0.571. The molecule has 0 spiro atoms. The van der Waals surface area contributed by atoms with Crippen molar-refractivity contribution < 1.29 is 5.11 Å². The molecule has 4 heteroatoms. The fourth-order valence-corrected chi connectivity index (χ4v) is 3.36. The Morgan fingerprint density at radius 1 is 1.28 bits per heavy atom. The van der Waals surface area contributed by atoms with Crippen molar-refractivity contribution in [3.63, 3.8) is 0 Å². The van der Waals surface area contributed by atoms with Gasteiger partial charge in [0.05, 0.1) is 16.1 Å². The topological polar surface area (TPSA) is 46.2 Å². The van der Waals surface area contributed by atoms with Crippen LogP contribution in [-0.4, -0.2) is 17.8 Å². The highest BCUT2D eigenvalue weighted by molar-refractivity contribution is 6.42. The molecular weight excluding hydrogens is 269 g/mol. The third kappa shape index (κ3) is 2.53. The normalized spacial score (nSPS) is 28.3. The molecule has 0 amide bonds. The van der Waals surface area contributed by atoms with Gasteiger partial charge in [-0.3, -0.25) is 0 Å². The van der Waals surface area contributed by atoms with Crippen LogP contribution in [-0.2, 0) is 5.41 Å². The number of rotatable bonds is 3. The second-order valence-electron chi connectivity index (χ2n) is 5.09. The highest BCUT2D eigenvalue weighted by Crippen LogP contribution is 2.43. The molecule has 3 N–H and O–H groups in total. The molecule has 0 aliphatic heterocycles. The van der Waals surface area contributed by atoms with Crippen LogP contribution in [0.4, 0.5) is 0 Å². The third-order valence-corrected chi connectivity index (χ3v) is 4.81. The molecule has 2 atom stereocenters. The predicted octanol–water partition coefficient (Wildman–Crippen LogP) is 3.51. The Kier molecular flexibility index (Phi) is 4.54. The summed E-state index contributed by atoms with van der Waals surface area (Å²) < 4.78 is 0. The fourth-order valence-electron chi connectivity index (χ4n) is 3.06. The molecule has 1 aromatic carbocycles. The lowest BCUT2D eigenvalue weighted by Gasteiger charge is -2.42. The quantitative estimate of drug-likeness (QED) is 0.894. The maximum atomic E-state index is 10.4. The van der Waals surface area contributed by atoms with Gasteiger partial charge < -0.3 is 10.8 Å². The van der Waals surface area contributed by atoms with Gasteiger partial charge in [-0.15, -0.1) is 0 Å². The van der Waals surface area contributed by atoms with Crippen LogP contribution in [0.15, 0.2) is 18.2 Å². The first-order valence-electron chi connectivity index (χ1n) is 6.44. The molecule has 0 aromatic heterocycles. The lowest BCUT2D eigenvalue weighted by Crippen LogP contribution is -2.43. The summed E-state index contributed by atoms with van der Waals surface area (Å²) in [5.41, 5.74) is 6.56. The van der Waals surface area contributed by atoms with Crippen LogP contribution < -0.4 is 5.73 Å². The molecular formula is C14H19Cl2NO. The van der Waals surface area contributed by atoms with Crippen molar-refractivity contribution in [2.75, 3.05) is 6.54 Å². The van der Waals surface area contributed by atoms with Crippen molar-refractivity contribution in [2.24, 2.45) is 5.73 Å². The minimum Gasteiger partial charge on any atom is -0.392 e. The molecule has 18 heavy (non-hydrogen) atoms. The number of hydrogen-bond donors (Lipinski definition) is 2. The van der Waals surface area contributed by atoms with Gasteiger partial charge in [0.2, 0.25) is 0 Å². The lowest BCUT2D eigenvalue weighted by atomic mass is 9.65. The van der Waals surface area contributed by atoms with Gasteiger partial charge in [-0.05, 0) is 43.5 Å². The van der Waals surface area contributed by atoms with Crippen molar-refractivity contribution in [1.82, 2.24) is 0 Å². The number of aliphatic hydroxyl groups is 1. The van der Waals surface area contributed by atoms with Gasteiger partial charge in [0.15, 0.2) is 0 Å². The number of aliphatic hydroxyl groups excluding tert-OH is 1. The standard InChI is InChI=1S/C14H19Cl2NO/c15-11-5-4-10(9-12(11)16)14(7-8-17)6-2-1-3-13(14)18/h4-5,9,13,18H,1-3,6-8,17H2/t13-,14-/m1/s1. The summed E-state index contributed by atoms with van der Waals surface area (Å²) in [7, 11) is 0. The van der Waals surface area contributed by atoms with Crippen LogP contribution in [0.1, 0.15) is 37.7 Å². The van der Waals surface area contributed by atoms with Crippen LogP contribution in [0.2, 0.25) is 10.0 Å². The monoisotopic (exact) mass is 287 g/mol. The highest BCUT2D eigenvalue weighted by atomic mass is 35.5. The Balaban J connectivity index is 2.42. The molecule has 1 aliphatic rings. The van der Waals surface area contributed by atoms with Gasteiger partial charge in [-0.1, -0.05) is 42.1 Å². The van der Waals surface area contributed by atoms with Gasteiger partial charge in [-0.25, -0.2) is 0 Å². The average Bonchev–Trinajstić information content (AvgIpc) is 2.36. The van der Waals surface area contributed by atoms with Gasteiger partial charge in [-0.2, -0.15) is 0 Å². The third-order valence-electron chi connectivity index (χ3n) is 4.07. The van der Waals surface area contributed by atoms with E-state index >= 15 is 0 Å². The van der Waals surface area contributed by atoms with Gasteiger partial charge >= 0.3 is 0 Å².